The molecule has 0 saturated carbocycles. The molecule has 0 bridgehead atoms. The Hall–Kier alpha value is -1.55. The number of ether oxygens (including phenoxy) is 1. The van der Waals surface area contributed by atoms with E-state index in [4.69, 9.17) is 4.74 Å². The van der Waals surface area contributed by atoms with Gasteiger partial charge < -0.3 is 15.4 Å². The lowest BCUT2D eigenvalue weighted by atomic mass is 10.2. The molecule has 1 saturated heterocycles. The second-order valence-electron chi connectivity index (χ2n) is 5.37. The van der Waals surface area contributed by atoms with Crippen molar-refractivity contribution >= 4 is 11.6 Å². The van der Waals surface area contributed by atoms with Crippen LogP contribution in [0.3, 0.4) is 0 Å². The maximum absolute atomic E-state index is 12.0. The summed E-state index contributed by atoms with van der Waals surface area (Å²) in [6, 6.07) is 7.50. The highest BCUT2D eigenvalue weighted by Gasteiger charge is 2.21. The lowest BCUT2D eigenvalue weighted by molar-refractivity contribution is -0.117. The van der Waals surface area contributed by atoms with Crippen LogP contribution in [0.1, 0.15) is 26.7 Å². The molecule has 104 valence electrons. The molecule has 1 aromatic rings. The molecule has 1 aliphatic rings. The SMILES string of the molecule is CC(C)COc1cccc(NC(=O)[C@H]2CCCN2)c1. The Morgan fingerprint density at radius 3 is 3.05 bits per heavy atom. The normalized spacial score (nSPS) is 18.6. The molecular weight excluding hydrogens is 240 g/mol. The number of anilines is 1. The maximum Gasteiger partial charge on any atom is 0.241 e. The number of rotatable bonds is 5. The average Bonchev–Trinajstić information content (AvgIpc) is 2.91. The molecule has 0 aromatic heterocycles. The third-order valence-corrected chi connectivity index (χ3v) is 3.06. The maximum atomic E-state index is 12.0. The van der Waals surface area contributed by atoms with E-state index in [-0.39, 0.29) is 11.9 Å². The first-order valence-corrected chi connectivity index (χ1v) is 6.92. The van der Waals surface area contributed by atoms with Gasteiger partial charge in [0.2, 0.25) is 5.91 Å². The van der Waals surface area contributed by atoms with Gasteiger partial charge in [0, 0.05) is 11.8 Å². The number of carbonyl (C=O) groups excluding carboxylic acids is 1. The predicted molar refractivity (Wildman–Crippen MR) is 76.4 cm³/mol. The van der Waals surface area contributed by atoms with Crippen molar-refractivity contribution in [3.8, 4) is 5.75 Å². The summed E-state index contributed by atoms with van der Waals surface area (Å²) >= 11 is 0. The molecule has 0 radical (unpaired) electrons. The van der Waals surface area contributed by atoms with Crippen molar-refractivity contribution in [2.24, 2.45) is 5.92 Å². The van der Waals surface area contributed by atoms with Gasteiger partial charge in [-0.3, -0.25) is 4.79 Å². The number of hydrogen-bond donors (Lipinski definition) is 2. The highest BCUT2D eigenvalue weighted by atomic mass is 16.5. The molecule has 2 N–H and O–H groups in total. The van der Waals surface area contributed by atoms with Crippen LogP contribution in [0.2, 0.25) is 0 Å². The lowest BCUT2D eigenvalue weighted by Gasteiger charge is -2.13. The summed E-state index contributed by atoms with van der Waals surface area (Å²) in [7, 11) is 0. The number of amides is 1. The first kappa shape index (κ1) is 13.9. The van der Waals surface area contributed by atoms with Gasteiger partial charge in [-0.2, -0.15) is 0 Å². The summed E-state index contributed by atoms with van der Waals surface area (Å²) in [6.07, 6.45) is 1.98. The van der Waals surface area contributed by atoms with Gasteiger partial charge in [0.25, 0.3) is 0 Å². The van der Waals surface area contributed by atoms with Gasteiger partial charge in [0.15, 0.2) is 0 Å². The Morgan fingerprint density at radius 2 is 2.37 bits per heavy atom. The van der Waals surface area contributed by atoms with E-state index in [1.54, 1.807) is 0 Å². The molecule has 2 rings (SSSR count). The molecular formula is C15H22N2O2. The van der Waals surface area contributed by atoms with Gasteiger partial charge in [-0.05, 0) is 37.4 Å². The van der Waals surface area contributed by atoms with Gasteiger partial charge >= 0.3 is 0 Å². The van der Waals surface area contributed by atoms with E-state index in [2.05, 4.69) is 24.5 Å². The van der Waals surface area contributed by atoms with E-state index in [0.29, 0.717) is 12.5 Å². The van der Waals surface area contributed by atoms with Crippen LogP contribution in [0.25, 0.3) is 0 Å². The van der Waals surface area contributed by atoms with Crippen LogP contribution in [-0.4, -0.2) is 25.1 Å². The van der Waals surface area contributed by atoms with Gasteiger partial charge in [0.1, 0.15) is 5.75 Å². The standard InChI is InChI=1S/C15H22N2O2/c1-11(2)10-19-13-6-3-5-12(9-13)17-15(18)14-7-4-8-16-14/h3,5-6,9,11,14,16H,4,7-8,10H2,1-2H3,(H,17,18)/t14-/m1/s1. The molecule has 1 heterocycles. The quantitative estimate of drug-likeness (QED) is 0.856. The highest BCUT2D eigenvalue weighted by Crippen LogP contribution is 2.19. The molecule has 1 aromatic carbocycles. The predicted octanol–water partition coefficient (Wildman–Crippen LogP) is 2.41. The molecule has 19 heavy (non-hydrogen) atoms. The van der Waals surface area contributed by atoms with Gasteiger partial charge in [-0.15, -0.1) is 0 Å². The van der Waals surface area contributed by atoms with E-state index < -0.39 is 0 Å². The van der Waals surface area contributed by atoms with Crippen LogP contribution < -0.4 is 15.4 Å². The van der Waals surface area contributed by atoms with E-state index >= 15 is 0 Å². The summed E-state index contributed by atoms with van der Waals surface area (Å²) in [6.45, 7) is 5.83. The van der Waals surface area contributed by atoms with Crippen molar-refractivity contribution in [3.63, 3.8) is 0 Å². The largest absolute Gasteiger partial charge is 0.493 e. The summed E-state index contributed by atoms with van der Waals surface area (Å²) in [5, 5.41) is 6.12. The molecule has 0 unspecified atom stereocenters. The van der Waals surface area contributed by atoms with Crippen molar-refractivity contribution in [2.75, 3.05) is 18.5 Å². The Morgan fingerprint density at radius 1 is 1.53 bits per heavy atom. The second kappa shape index (κ2) is 6.57. The number of benzene rings is 1. The molecule has 1 fully saturated rings. The molecule has 1 amide bonds. The van der Waals surface area contributed by atoms with E-state index in [1.165, 1.54) is 0 Å². The fraction of sp³-hybridized carbons (Fsp3) is 0.533. The summed E-state index contributed by atoms with van der Waals surface area (Å²) < 4.78 is 5.65. The van der Waals surface area contributed by atoms with Crippen LogP contribution in [-0.2, 0) is 4.79 Å². The van der Waals surface area contributed by atoms with Crippen LogP contribution in [0, 0.1) is 5.92 Å². The second-order valence-corrected chi connectivity index (χ2v) is 5.37. The minimum atomic E-state index is -0.0553. The van der Waals surface area contributed by atoms with E-state index in [1.807, 2.05) is 24.3 Å². The minimum Gasteiger partial charge on any atom is -0.493 e. The molecule has 1 aliphatic heterocycles. The first-order valence-electron chi connectivity index (χ1n) is 6.92. The van der Waals surface area contributed by atoms with Crippen molar-refractivity contribution in [2.45, 2.75) is 32.7 Å². The fourth-order valence-corrected chi connectivity index (χ4v) is 2.06. The smallest absolute Gasteiger partial charge is 0.241 e. The van der Waals surface area contributed by atoms with Crippen molar-refractivity contribution in [1.82, 2.24) is 5.32 Å². The zero-order chi connectivity index (χ0) is 13.7. The van der Waals surface area contributed by atoms with Gasteiger partial charge in [-0.1, -0.05) is 19.9 Å². The van der Waals surface area contributed by atoms with E-state index in [9.17, 15) is 4.79 Å². The van der Waals surface area contributed by atoms with Gasteiger partial charge in [0.05, 0.1) is 12.6 Å². The third-order valence-electron chi connectivity index (χ3n) is 3.06. The zero-order valence-corrected chi connectivity index (χ0v) is 11.6. The summed E-state index contributed by atoms with van der Waals surface area (Å²) in [5.41, 5.74) is 0.792. The van der Waals surface area contributed by atoms with Crippen molar-refractivity contribution in [1.29, 1.82) is 0 Å². The Bertz CT molecular complexity index is 426. The van der Waals surface area contributed by atoms with Gasteiger partial charge in [-0.25, -0.2) is 0 Å². The fourth-order valence-electron chi connectivity index (χ4n) is 2.06. The summed E-state index contributed by atoms with van der Waals surface area (Å²) in [5.74, 6) is 1.32. The van der Waals surface area contributed by atoms with Crippen molar-refractivity contribution < 1.29 is 9.53 Å². The van der Waals surface area contributed by atoms with Crippen LogP contribution in [0.15, 0.2) is 24.3 Å². The lowest BCUT2D eigenvalue weighted by Crippen LogP contribution is -2.35. The number of nitrogens with one attached hydrogen (secondary N) is 2. The third kappa shape index (κ3) is 4.24. The van der Waals surface area contributed by atoms with E-state index in [0.717, 1.165) is 30.8 Å². The molecule has 4 nitrogen and oxygen atoms in total. The number of hydrogen-bond acceptors (Lipinski definition) is 3. The minimum absolute atomic E-state index is 0.0403. The molecule has 0 aliphatic carbocycles. The highest BCUT2D eigenvalue weighted by molar-refractivity contribution is 5.95. The zero-order valence-electron chi connectivity index (χ0n) is 11.6. The summed E-state index contributed by atoms with van der Waals surface area (Å²) in [4.78, 5) is 12.0. The van der Waals surface area contributed by atoms with Crippen LogP contribution in [0.4, 0.5) is 5.69 Å². The molecule has 0 spiro atoms. The Balaban J connectivity index is 1.92. The number of carbonyl (C=O) groups is 1. The Kier molecular flexibility index (Phi) is 4.80. The Labute approximate surface area is 114 Å². The first-order chi connectivity index (χ1) is 9.15. The molecule has 1 atom stereocenters. The topological polar surface area (TPSA) is 50.4 Å². The monoisotopic (exact) mass is 262 g/mol. The van der Waals surface area contributed by atoms with Crippen LogP contribution in [0.5, 0.6) is 5.75 Å². The average molecular weight is 262 g/mol. The van der Waals surface area contributed by atoms with Crippen LogP contribution >= 0.6 is 0 Å². The molecule has 4 heteroatoms. The van der Waals surface area contributed by atoms with Crippen molar-refractivity contribution in [3.05, 3.63) is 24.3 Å².